The molecule has 0 saturated carbocycles. The molecule has 1 heterocycles. The summed E-state index contributed by atoms with van der Waals surface area (Å²) in [5.41, 5.74) is 3.55. The number of hydrogen-bond donors (Lipinski definition) is 1. The van der Waals surface area contributed by atoms with Crippen molar-refractivity contribution in [3.8, 4) is 0 Å². The third-order valence-electron chi connectivity index (χ3n) is 4.02. The Balaban J connectivity index is 1.62. The number of hydrogen-bond acceptors (Lipinski definition) is 3. The lowest BCUT2D eigenvalue weighted by Crippen LogP contribution is -2.26. The fourth-order valence-corrected chi connectivity index (χ4v) is 3.18. The van der Waals surface area contributed by atoms with Gasteiger partial charge in [0, 0.05) is 24.8 Å². The average Bonchev–Trinajstić information content (AvgIpc) is 3.18. The maximum Gasteiger partial charge on any atom is 0.265 e. The SMILES string of the molecule is Cc1ccc(CN(C)C(=O)c2ccc(NC(=O)c3cccs3)cc2)cc1. The smallest absolute Gasteiger partial charge is 0.265 e. The second kappa shape index (κ2) is 7.97. The molecule has 2 aromatic carbocycles. The van der Waals surface area contributed by atoms with Gasteiger partial charge in [-0.05, 0) is 48.2 Å². The summed E-state index contributed by atoms with van der Waals surface area (Å²) in [6, 6.07) is 18.7. The Morgan fingerprint density at radius 3 is 2.31 bits per heavy atom. The molecule has 132 valence electrons. The topological polar surface area (TPSA) is 49.4 Å². The molecule has 0 fully saturated rings. The summed E-state index contributed by atoms with van der Waals surface area (Å²) in [4.78, 5) is 27.0. The second-order valence-corrected chi connectivity index (χ2v) is 7.10. The lowest BCUT2D eigenvalue weighted by molar-refractivity contribution is 0.0785. The van der Waals surface area contributed by atoms with Gasteiger partial charge < -0.3 is 10.2 Å². The number of nitrogens with one attached hydrogen (secondary N) is 1. The van der Waals surface area contributed by atoms with E-state index in [4.69, 9.17) is 0 Å². The average molecular weight is 364 g/mol. The van der Waals surface area contributed by atoms with Crippen LogP contribution in [-0.2, 0) is 6.54 Å². The predicted molar refractivity (Wildman–Crippen MR) is 106 cm³/mol. The van der Waals surface area contributed by atoms with Crippen LogP contribution in [0.25, 0.3) is 0 Å². The molecule has 4 nitrogen and oxygen atoms in total. The summed E-state index contributed by atoms with van der Waals surface area (Å²) in [6.07, 6.45) is 0. The van der Waals surface area contributed by atoms with E-state index >= 15 is 0 Å². The van der Waals surface area contributed by atoms with Gasteiger partial charge in [-0.2, -0.15) is 0 Å². The minimum atomic E-state index is -0.143. The maximum absolute atomic E-state index is 12.6. The van der Waals surface area contributed by atoms with E-state index < -0.39 is 0 Å². The van der Waals surface area contributed by atoms with Gasteiger partial charge in [0.05, 0.1) is 4.88 Å². The van der Waals surface area contributed by atoms with E-state index in [1.165, 1.54) is 16.9 Å². The van der Waals surface area contributed by atoms with Crippen molar-refractivity contribution in [1.82, 2.24) is 4.90 Å². The van der Waals surface area contributed by atoms with Crippen LogP contribution < -0.4 is 5.32 Å². The molecule has 0 aliphatic rings. The van der Waals surface area contributed by atoms with Gasteiger partial charge in [-0.15, -0.1) is 11.3 Å². The van der Waals surface area contributed by atoms with Crippen LogP contribution in [0.1, 0.15) is 31.2 Å². The molecular formula is C21H20N2O2S. The largest absolute Gasteiger partial charge is 0.337 e. The van der Waals surface area contributed by atoms with Gasteiger partial charge in [-0.1, -0.05) is 35.9 Å². The van der Waals surface area contributed by atoms with Gasteiger partial charge in [-0.25, -0.2) is 0 Å². The fourth-order valence-electron chi connectivity index (χ4n) is 2.56. The van der Waals surface area contributed by atoms with Crippen LogP contribution in [0.4, 0.5) is 5.69 Å². The molecule has 0 atom stereocenters. The van der Waals surface area contributed by atoms with E-state index in [9.17, 15) is 9.59 Å². The van der Waals surface area contributed by atoms with Crippen molar-refractivity contribution in [3.63, 3.8) is 0 Å². The molecule has 3 rings (SSSR count). The van der Waals surface area contributed by atoms with E-state index in [1.807, 2.05) is 42.6 Å². The van der Waals surface area contributed by atoms with Crippen LogP contribution in [0.5, 0.6) is 0 Å². The van der Waals surface area contributed by atoms with Crippen LogP contribution in [0.3, 0.4) is 0 Å². The van der Waals surface area contributed by atoms with Crippen molar-refractivity contribution in [2.24, 2.45) is 0 Å². The third-order valence-corrected chi connectivity index (χ3v) is 4.89. The van der Waals surface area contributed by atoms with Gasteiger partial charge in [0.15, 0.2) is 0 Å². The number of nitrogens with zero attached hydrogens (tertiary/aromatic N) is 1. The molecule has 0 bridgehead atoms. The monoisotopic (exact) mass is 364 g/mol. The Hall–Kier alpha value is -2.92. The number of carbonyl (C=O) groups excluding carboxylic acids is 2. The molecule has 0 unspecified atom stereocenters. The minimum Gasteiger partial charge on any atom is -0.337 e. The Morgan fingerprint density at radius 2 is 1.69 bits per heavy atom. The zero-order valence-corrected chi connectivity index (χ0v) is 15.5. The van der Waals surface area contributed by atoms with Crippen LogP contribution in [0.15, 0.2) is 66.0 Å². The van der Waals surface area contributed by atoms with Gasteiger partial charge in [0.1, 0.15) is 0 Å². The van der Waals surface area contributed by atoms with Gasteiger partial charge in [0.25, 0.3) is 11.8 Å². The summed E-state index contributed by atoms with van der Waals surface area (Å²) in [5.74, 6) is -0.197. The standard InChI is InChI=1S/C21H20N2O2S/c1-15-5-7-16(8-6-15)14-23(2)21(25)17-9-11-18(12-10-17)22-20(24)19-4-3-13-26-19/h3-13H,14H2,1-2H3,(H,22,24). The van der Waals surface area contributed by atoms with Crippen LogP contribution in [-0.4, -0.2) is 23.8 Å². The zero-order valence-electron chi connectivity index (χ0n) is 14.7. The molecule has 2 amide bonds. The normalized spacial score (nSPS) is 10.4. The van der Waals surface area contributed by atoms with Gasteiger partial charge in [0.2, 0.25) is 0 Å². The molecule has 0 aliphatic heterocycles. The summed E-state index contributed by atoms with van der Waals surface area (Å²) in [7, 11) is 1.79. The lowest BCUT2D eigenvalue weighted by Gasteiger charge is -2.17. The molecule has 26 heavy (non-hydrogen) atoms. The van der Waals surface area contributed by atoms with Gasteiger partial charge >= 0.3 is 0 Å². The molecule has 0 spiro atoms. The first-order chi connectivity index (χ1) is 12.5. The Labute approximate surface area is 157 Å². The second-order valence-electron chi connectivity index (χ2n) is 6.16. The number of rotatable bonds is 5. The summed E-state index contributed by atoms with van der Waals surface area (Å²) >= 11 is 1.39. The molecule has 0 radical (unpaired) electrons. The summed E-state index contributed by atoms with van der Waals surface area (Å²) < 4.78 is 0. The Morgan fingerprint density at radius 1 is 1.00 bits per heavy atom. The van der Waals surface area contributed by atoms with Crippen LogP contribution in [0.2, 0.25) is 0 Å². The third kappa shape index (κ3) is 4.37. The summed E-state index contributed by atoms with van der Waals surface area (Å²) in [5, 5.41) is 4.69. The number of thiophene rings is 1. The molecular weight excluding hydrogens is 344 g/mol. The Bertz CT molecular complexity index is 885. The highest BCUT2D eigenvalue weighted by Gasteiger charge is 2.13. The quantitative estimate of drug-likeness (QED) is 0.720. The molecule has 3 aromatic rings. The number of amides is 2. The first-order valence-electron chi connectivity index (χ1n) is 8.29. The van der Waals surface area contributed by atoms with Crippen molar-refractivity contribution >= 4 is 28.8 Å². The van der Waals surface area contributed by atoms with Crippen molar-refractivity contribution in [2.45, 2.75) is 13.5 Å². The first kappa shape index (κ1) is 17.9. The van der Waals surface area contributed by atoms with Crippen molar-refractivity contribution in [3.05, 3.63) is 87.6 Å². The number of aryl methyl sites for hydroxylation is 1. The van der Waals surface area contributed by atoms with E-state index in [0.29, 0.717) is 22.7 Å². The first-order valence-corrected chi connectivity index (χ1v) is 9.17. The zero-order chi connectivity index (χ0) is 18.5. The van der Waals surface area contributed by atoms with E-state index in [2.05, 4.69) is 5.32 Å². The van der Waals surface area contributed by atoms with Crippen molar-refractivity contribution in [1.29, 1.82) is 0 Å². The van der Waals surface area contributed by atoms with E-state index in [0.717, 1.165) is 5.56 Å². The molecule has 1 N–H and O–H groups in total. The molecule has 1 aromatic heterocycles. The maximum atomic E-state index is 12.6. The molecule has 5 heteroatoms. The van der Waals surface area contributed by atoms with Crippen LogP contribution in [0, 0.1) is 6.92 Å². The lowest BCUT2D eigenvalue weighted by atomic mass is 10.1. The highest BCUT2D eigenvalue weighted by atomic mass is 32.1. The van der Waals surface area contributed by atoms with Gasteiger partial charge in [-0.3, -0.25) is 9.59 Å². The van der Waals surface area contributed by atoms with E-state index in [-0.39, 0.29) is 11.8 Å². The van der Waals surface area contributed by atoms with Crippen molar-refractivity contribution in [2.75, 3.05) is 12.4 Å². The van der Waals surface area contributed by atoms with E-state index in [1.54, 1.807) is 42.3 Å². The highest BCUT2D eigenvalue weighted by Crippen LogP contribution is 2.16. The highest BCUT2D eigenvalue weighted by molar-refractivity contribution is 7.12. The number of benzene rings is 2. The number of carbonyl (C=O) groups is 2. The fraction of sp³-hybridized carbons (Fsp3) is 0.143. The van der Waals surface area contributed by atoms with Crippen molar-refractivity contribution < 1.29 is 9.59 Å². The predicted octanol–water partition coefficient (Wildman–Crippen LogP) is 4.58. The molecule has 0 aliphatic carbocycles. The molecule has 0 saturated heterocycles. The van der Waals surface area contributed by atoms with Crippen LogP contribution >= 0.6 is 11.3 Å². The summed E-state index contributed by atoms with van der Waals surface area (Å²) in [6.45, 7) is 2.59. The number of anilines is 1. The minimum absolute atomic E-state index is 0.0540. The Kier molecular flexibility index (Phi) is 5.49.